The Morgan fingerprint density at radius 1 is 1.53 bits per heavy atom. The van der Waals surface area contributed by atoms with Gasteiger partial charge in [0.1, 0.15) is 0 Å². The van der Waals surface area contributed by atoms with Crippen LogP contribution in [-0.2, 0) is 0 Å². The molecule has 17 heavy (non-hydrogen) atoms. The number of nitrogens with zero attached hydrogens (tertiary/aromatic N) is 1. The molecule has 0 bridgehead atoms. The molecule has 0 saturated heterocycles. The molecule has 4 nitrogen and oxygen atoms in total. The van der Waals surface area contributed by atoms with Gasteiger partial charge in [-0.15, -0.1) is 0 Å². The van der Waals surface area contributed by atoms with Crippen LogP contribution in [0, 0.1) is 12.8 Å². The number of amides is 1. The van der Waals surface area contributed by atoms with Gasteiger partial charge in [-0.2, -0.15) is 0 Å². The summed E-state index contributed by atoms with van der Waals surface area (Å²) >= 11 is 0. The molecule has 1 aromatic heterocycles. The van der Waals surface area contributed by atoms with E-state index in [0.29, 0.717) is 17.5 Å². The lowest BCUT2D eigenvalue weighted by atomic mass is 10.1. The van der Waals surface area contributed by atoms with Crippen LogP contribution in [0.2, 0.25) is 0 Å². The number of carbonyl (C=O) groups excluding carboxylic acids is 1. The van der Waals surface area contributed by atoms with Crippen molar-refractivity contribution in [1.82, 2.24) is 10.3 Å². The maximum Gasteiger partial charge on any atom is 0.252 e. The Balaban J connectivity index is 1.85. The van der Waals surface area contributed by atoms with Gasteiger partial charge in [0.15, 0.2) is 0 Å². The third-order valence-electron chi connectivity index (χ3n) is 3.27. The van der Waals surface area contributed by atoms with Gasteiger partial charge in [-0.25, -0.2) is 0 Å². The highest BCUT2D eigenvalue weighted by Gasteiger charge is 2.22. The summed E-state index contributed by atoms with van der Waals surface area (Å²) in [6.07, 6.45) is 6.56. The Hall–Kier alpha value is -1.42. The van der Waals surface area contributed by atoms with Crippen LogP contribution in [-0.4, -0.2) is 23.5 Å². The number of pyridine rings is 1. The van der Waals surface area contributed by atoms with E-state index in [1.807, 2.05) is 13.0 Å². The quantitative estimate of drug-likeness (QED) is 0.825. The molecule has 0 aromatic carbocycles. The van der Waals surface area contributed by atoms with Crippen molar-refractivity contribution in [3.8, 4) is 0 Å². The van der Waals surface area contributed by atoms with E-state index < -0.39 is 0 Å². The van der Waals surface area contributed by atoms with Crippen molar-refractivity contribution < 1.29 is 4.79 Å². The summed E-state index contributed by atoms with van der Waals surface area (Å²) in [5.74, 6) is 0.494. The molecule has 1 aliphatic carbocycles. The van der Waals surface area contributed by atoms with Gasteiger partial charge in [-0.05, 0) is 43.7 Å². The zero-order chi connectivity index (χ0) is 12.3. The van der Waals surface area contributed by atoms with E-state index in [-0.39, 0.29) is 5.91 Å². The third kappa shape index (κ3) is 3.27. The number of rotatable bonds is 3. The second-order valence-electron chi connectivity index (χ2n) is 4.90. The highest BCUT2D eigenvalue weighted by molar-refractivity contribution is 5.93. The first-order chi connectivity index (χ1) is 8.15. The average molecular weight is 233 g/mol. The summed E-state index contributed by atoms with van der Waals surface area (Å²) in [6, 6.07) is 2.17. The number of nitrogens with one attached hydrogen (secondary N) is 1. The van der Waals surface area contributed by atoms with E-state index in [1.165, 1.54) is 0 Å². The Labute approximate surface area is 102 Å². The van der Waals surface area contributed by atoms with Crippen molar-refractivity contribution in [3.63, 3.8) is 0 Å². The molecule has 4 heteroatoms. The SMILES string of the molecule is Cc1cncc(C(=O)NCC2CCC(N)C2)c1. The zero-order valence-corrected chi connectivity index (χ0v) is 10.1. The van der Waals surface area contributed by atoms with Crippen LogP contribution in [0.25, 0.3) is 0 Å². The first kappa shape index (κ1) is 12.0. The van der Waals surface area contributed by atoms with Gasteiger partial charge in [-0.3, -0.25) is 9.78 Å². The predicted octanol–water partition coefficient (Wildman–Crippen LogP) is 1.25. The molecule has 0 radical (unpaired) electrons. The lowest BCUT2D eigenvalue weighted by Crippen LogP contribution is -2.29. The highest BCUT2D eigenvalue weighted by Crippen LogP contribution is 2.23. The largest absolute Gasteiger partial charge is 0.352 e. The summed E-state index contributed by atoms with van der Waals surface area (Å²) in [4.78, 5) is 15.9. The number of hydrogen-bond acceptors (Lipinski definition) is 3. The lowest BCUT2D eigenvalue weighted by Gasteiger charge is -2.11. The molecule has 1 fully saturated rings. The maximum atomic E-state index is 11.9. The molecule has 1 amide bonds. The van der Waals surface area contributed by atoms with Gasteiger partial charge in [0.05, 0.1) is 5.56 Å². The third-order valence-corrected chi connectivity index (χ3v) is 3.27. The molecule has 2 rings (SSSR count). The zero-order valence-electron chi connectivity index (χ0n) is 10.1. The summed E-state index contributed by atoms with van der Waals surface area (Å²) in [7, 11) is 0. The van der Waals surface area contributed by atoms with E-state index in [1.54, 1.807) is 12.4 Å². The van der Waals surface area contributed by atoms with Crippen LogP contribution in [0.5, 0.6) is 0 Å². The minimum absolute atomic E-state index is 0.0401. The van der Waals surface area contributed by atoms with Crippen molar-refractivity contribution in [2.45, 2.75) is 32.2 Å². The minimum Gasteiger partial charge on any atom is -0.352 e. The number of nitrogens with two attached hydrogens (primary N) is 1. The fraction of sp³-hybridized carbons (Fsp3) is 0.538. The van der Waals surface area contributed by atoms with Crippen LogP contribution in [0.15, 0.2) is 18.5 Å². The molecule has 0 aliphatic heterocycles. The molecule has 1 heterocycles. The molecular weight excluding hydrogens is 214 g/mol. The molecule has 0 spiro atoms. The van der Waals surface area contributed by atoms with Crippen LogP contribution < -0.4 is 11.1 Å². The van der Waals surface area contributed by atoms with E-state index >= 15 is 0 Å². The molecule has 1 aromatic rings. The normalized spacial score (nSPS) is 23.6. The molecule has 1 saturated carbocycles. The average Bonchev–Trinajstić information content (AvgIpc) is 2.72. The molecular formula is C13H19N3O. The molecule has 3 N–H and O–H groups in total. The number of aryl methyl sites for hydroxylation is 1. The lowest BCUT2D eigenvalue weighted by molar-refractivity contribution is 0.0947. The monoisotopic (exact) mass is 233 g/mol. The Kier molecular flexibility index (Phi) is 3.74. The Morgan fingerprint density at radius 2 is 2.35 bits per heavy atom. The summed E-state index contributed by atoms with van der Waals surface area (Å²) in [5.41, 5.74) is 7.47. The minimum atomic E-state index is -0.0401. The first-order valence-corrected chi connectivity index (χ1v) is 6.10. The van der Waals surface area contributed by atoms with Gasteiger partial charge in [0.25, 0.3) is 5.91 Å². The fourth-order valence-electron chi connectivity index (χ4n) is 2.32. The van der Waals surface area contributed by atoms with Gasteiger partial charge in [0, 0.05) is 25.0 Å². The maximum absolute atomic E-state index is 11.9. The van der Waals surface area contributed by atoms with Gasteiger partial charge >= 0.3 is 0 Å². The second-order valence-corrected chi connectivity index (χ2v) is 4.90. The topological polar surface area (TPSA) is 68.0 Å². The number of aromatic nitrogens is 1. The molecule has 2 atom stereocenters. The first-order valence-electron chi connectivity index (χ1n) is 6.10. The van der Waals surface area contributed by atoms with E-state index in [4.69, 9.17) is 5.73 Å². The van der Waals surface area contributed by atoms with E-state index in [2.05, 4.69) is 10.3 Å². The second kappa shape index (κ2) is 5.27. The number of carbonyl (C=O) groups is 1. The Morgan fingerprint density at radius 3 is 3.00 bits per heavy atom. The van der Waals surface area contributed by atoms with Crippen LogP contribution in [0.4, 0.5) is 0 Å². The van der Waals surface area contributed by atoms with E-state index in [0.717, 1.165) is 31.4 Å². The van der Waals surface area contributed by atoms with Crippen molar-refractivity contribution in [2.24, 2.45) is 11.7 Å². The highest BCUT2D eigenvalue weighted by atomic mass is 16.1. The summed E-state index contributed by atoms with van der Waals surface area (Å²) in [6.45, 7) is 2.65. The Bertz CT molecular complexity index is 405. The van der Waals surface area contributed by atoms with Gasteiger partial charge < -0.3 is 11.1 Å². The predicted molar refractivity (Wildman–Crippen MR) is 66.6 cm³/mol. The molecule has 2 unspecified atom stereocenters. The van der Waals surface area contributed by atoms with Crippen LogP contribution in [0.1, 0.15) is 35.2 Å². The van der Waals surface area contributed by atoms with Crippen molar-refractivity contribution >= 4 is 5.91 Å². The van der Waals surface area contributed by atoms with Gasteiger partial charge in [0.2, 0.25) is 0 Å². The number of hydrogen-bond donors (Lipinski definition) is 2. The van der Waals surface area contributed by atoms with E-state index in [9.17, 15) is 4.79 Å². The van der Waals surface area contributed by atoms with Crippen LogP contribution in [0.3, 0.4) is 0 Å². The smallest absolute Gasteiger partial charge is 0.252 e. The van der Waals surface area contributed by atoms with Crippen molar-refractivity contribution in [3.05, 3.63) is 29.6 Å². The summed E-state index contributed by atoms with van der Waals surface area (Å²) < 4.78 is 0. The fourth-order valence-corrected chi connectivity index (χ4v) is 2.32. The molecule has 92 valence electrons. The standard InChI is InChI=1S/C13H19N3O/c1-9-4-11(8-15-6-9)13(17)16-7-10-2-3-12(14)5-10/h4,6,8,10,12H,2-3,5,7,14H2,1H3,(H,16,17). The summed E-state index contributed by atoms with van der Waals surface area (Å²) in [5, 5.41) is 2.95. The van der Waals surface area contributed by atoms with Crippen LogP contribution >= 0.6 is 0 Å². The van der Waals surface area contributed by atoms with Crippen molar-refractivity contribution in [2.75, 3.05) is 6.54 Å². The molecule has 1 aliphatic rings. The van der Waals surface area contributed by atoms with Gasteiger partial charge in [-0.1, -0.05) is 0 Å². The van der Waals surface area contributed by atoms with Crippen molar-refractivity contribution in [1.29, 1.82) is 0 Å².